The number of carbonyl (C=O) groups is 1. The monoisotopic (exact) mass is 535 g/mol. The van der Waals surface area contributed by atoms with Crippen molar-refractivity contribution in [3.05, 3.63) is 105 Å². The van der Waals surface area contributed by atoms with Crippen molar-refractivity contribution in [2.45, 2.75) is 22.9 Å². The summed E-state index contributed by atoms with van der Waals surface area (Å²) in [6, 6.07) is 15.1. The SMILES string of the molecule is O=C(c1[nH]ccc(=O)c1O)N1CCOC[C@@H]1NC1c2ccc(F)c(F)c2CSc2c1ccc1ccccc21. The second-order valence-electron chi connectivity index (χ2n) is 9.18. The molecule has 0 radical (unpaired) electrons. The van der Waals surface area contributed by atoms with E-state index < -0.39 is 40.9 Å². The molecule has 6 rings (SSSR count). The number of rotatable bonds is 3. The Morgan fingerprint density at radius 2 is 1.92 bits per heavy atom. The highest BCUT2D eigenvalue weighted by Crippen LogP contribution is 2.44. The lowest BCUT2D eigenvalue weighted by Gasteiger charge is -2.38. The number of halogens is 2. The van der Waals surface area contributed by atoms with Gasteiger partial charge in [0.15, 0.2) is 23.1 Å². The van der Waals surface area contributed by atoms with Crippen molar-refractivity contribution in [3.8, 4) is 5.75 Å². The van der Waals surface area contributed by atoms with Crippen LogP contribution in [0.25, 0.3) is 10.8 Å². The summed E-state index contributed by atoms with van der Waals surface area (Å²) in [5.74, 6) is -2.80. The van der Waals surface area contributed by atoms with E-state index in [4.69, 9.17) is 4.74 Å². The van der Waals surface area contributed by atoms with Crippen molar-refractivity contribution in [3.63, 3.8) is 0 Å². The zero-order chi connectivity index (χ0) is 26.4. The molecule has 1 unspecified atom stereocenters. The number of H-pyrrole nitrogens is 1. The maximum atomic E-state index is 15.1. The lowest BCUT2D eigenvalue weighted by molar-refractivity contribution is -0.0151. The number of nitrogens with one attached hydrogen (secondary N) is 2. The summed E-state index contributed by atoms with van der Waals surface area (Å²) >= 11 is 1.45. The number of thioether (sulfide) groups is 1. The number of aromatic amines is 1. The van der Waals surface area contributed by atoms with Crippen LogP contribution in [0.1, 0.15) is 33.2 Å². The second kappa shape index (κ2) is 9.86. The molecule has 3 heterocycles. The first kappa shape index (κ1) is 24.6. The van der Waals surface area contributed by atoms with Crippen LogP contribution in [0.3, 0.4) is 0 Å². The molecule has 4 aromatic rings. The lowest BCUT2D eigenvalue weighted by atomic mass is 9.92. The smallest absolute Gasteiger partial charge is 0.275 e. The van der Waals surface area contributed by atoms with Gasteiger partial charge in [-0.2, -0.15) is 0 Å². The number of aromatic nitrogens is 1. The number of aromatic hydroxyl groups is 1. The number of hydrogen-bond acceptors (Lipinski definition) is 6. The van der Waals surface area contributed by atoms with Gasteiger partial charge >= 0.3 is 0 Å². The van der Waals surface area contributed by atoms with Gasteiger partial charge in [0.05, 0.1) is 19.3 Å². The van der Waals surface area contributed by atoms with Crippen LogP contribution in [-0.4, -0.2) is 46.8 Å². The summed E-state index contributed by atoms with van der Waals surface area (Å²) in [6.07, 6.45) is 0.614. The number of benzene rings is 3. The van der Waals surface area contributed by atoms with Gasteiger partial charge in [-0.25, -0.2) is 8.78 Å². The van der Waals surface area contributed by atoms with Gasteiger partial charge in [0.1, 0.15) is 6.17 Å². The molecule has 194 valence electrons. The van der Waals surface area contributed by atoms with E-state index in [1.165, 1.54) is 22.9 Å². The molecule has 0 saturated carbocycles. The predicted octanol–water partition coefficient (Wildman–Crippen LogP) is 4.30. The van der Waals surface area contributed by atoms with E-state index >= 15 is 4.39 Å². The molecule has 3 N–H and O–H groups in total. The first-order chi connectivity index (χ1) is 18.4. The van der Waals surface area contributed by atoms with E-state index in [0.29, 0.717) is 5.56 Å². The maximum absolute atomic E-state index is 15.1. The van der Waals surface area contributed by atoms with E-state index in [2.05, 4.69) is 10.3 Å². The molecule has 0 aliphatic carbocycles. The number of hydrogen-bond donors (Lipinski definition) is 3. The van der Waals surface area contributed by atoms with Gasteiger partial charge in [-0.05, 0) is 28.0 Å². The molecule has 38 heavy (non-hydrogen) atoms. The molecular weight excluding hydrogens is 512 g/mol. The molecule has 1 saturated heterocycles. The van der Waals surface area contributed by atoms with Gasteiger partial charge in [-0.3, -0.25) is 14.9 Å². The first-order valence-corrected chi connectivity index (χ1v) is 13.1. The zero-order valence-electron chi connectivity index (χ0n) is 20.0. The molecule has 0 spiro atoms. The van der Waals surface area contributed by atoms with E-state index in [-0.39, 0.29) is 36.8 Å². The average Bonchev–Trinajstić information content (AvgIpc) is 3.09. The summed E-state index contributed by atoms with van der Waals surface area (Å²) in [7, 11) is 0. The molecular formula is C28H23F2N3O4S. The van der Waals surface area contributed by atoms with Crippen molar-refractivity contribution < 1.29 is 23.4 Å². The minimum atomic E-state index is -0.916. The minimum Gasteiger partial charge on any atom is -0.503 e. The maximum Gasteiger partial charge on any atom is 0.275 e. The Morgan fingerprint density at radius 3 is 2.79 bits per heavy atom. The van der Waals surface area contributed by atoms with Crippen LogP contribution in [-0.2, 0) is 10.5 Å². The van der Waals surface area contributed by atoms with Crippen LogP contribution < -0.4 is 10.7 Å². The van der Waals surface area contributed by atoms with Gasteiger partial charge in [0.2, 0.25) is 5.43 Å². The molecule has 1 aromatic heterocycles. The Balaban J connectivity index is 1.45. The van der Waals surface area contributed by atoms with Gasteiger partial charge in [-0.15, -0.1) is 11.8 Å². The third kappa shape index (κ3) is 4.14. The third-order valence-electron chi connectivity index (χ3n) is 7.02. The Labute approximate surface area is 220 Å². The molecule has 10 heteroatoms. The average molecular weight is 536 g/mol. The summed E-state index contributed by atoms with van der Waals surface area (Å²) in [5.41, 5.74) is 0.805. The number of carbonyl (C=O) groups excluding carboxylic acids is 1. The molecule has 1 fully saturated rings. The fourth-order valence-corrected chi connectivity index (χ4v) is 6.40. The van der Waals surface area contributed by atoms with Crippen molar-refractivity contribution in [2.24, 2.45) is 0 Å². The van der Waals surface area contributed by atoms with Crippen molar-refractivity contribution >= 4 is 28.4 Å². The number of ether oxygens (including phenoxy) is 1. The lowest BCUT2D eigenvalue weighted by Crippen LogP contribution is -2.56. The Hall–Kier alpha value is -3.73. The molecule has 2 atom stereocenters. The van der Waals surface area contributed by atoms with Crippen LogP contribution in [0.5, 0.6) is 5.75 Å². The van der Waals surface area contributed by atoms with Crippen LogP contribution in [0.15, 0.2) is 70.5 Å². The minimum absolute atomic E-state index is 0.120. The third-order valence-corrected chi connectivity index (χ3v) is 8.20. The van der Waals surface area contributed by atoms with Gasteiger partial charge < -0.3 is 19.7 Å². The van der Waals surface area contributed by atoms with Crippen LogP contribution in [0.4, 0.5) is 8.78 Å². The summed E-state index contributed by atoms with van der Waals surface area (Å²) in [4.78, 5) is 30.5. The Kier molecular flexibility index (Phi) is 6.38. The van der Waals surface area contributed by atoms with Gasteiger partial charge in [-0.1, -0.05) is 42.5 Å². The topological polar surface area (TPSA) is 94.7 Å². The van der Waals surface area contributed by atoms with Crippen LogP contribution in [0, 0.1) is 11.6 Å². The van der Waals surface area contributed by atoms with Crippen LogP contribution >= 0.6 is 11.8 Å². The number of nitrogens with zero attached hydrogens (tertiary/aromatic N) is 1. The molecule has 3 aromatic carbocycles. The first-order valence-electron chi connectivity index (χ1n) is 12.1. The Morgan fingerprint density at radius 1 is 1.11 bits per heavy atom. The van der Waals surface area contributed by atoms with E-state index in [9.17, 15) is 19.1 Å². The molecule has 2 aliphatic rings. The number of morpholine rings is 1. The largest absolute Gasteiger partial charge is 0.503 e. The van der Waals surface area contributed by atoms with E-state index in [0.717, 1.165) is 33.4 Å². The van der Waals surface area contributed by atoms with Crippen LogP contribution in [0.2, 0.25) is 0 Å². The van der Waals surface area contributed by atoms with Crippen molar-refractivity contribution in [1.29, 1.82) is 0 Å². The fourth-order valence-electron chi connectivity index (χ4n) is 5.12. The normalized spacial score (nSPS) is 19.1. The van der Waals surface area contributed by atoms with Gasteiger partial charge in [0, 0.05) is 35.0 Å². The van der Waals surface area contributed by atoms with Crippen molar-refractivity contribution in [1.82, 2.24) is 15.2 Å². The summed E-state index contributed by atoms with van der Waals surface area (Å²) in [6.45, 7) is 0.582. The summed E-state index contributed by atoms with van der Waals surface area (Å²) in [5, 5.41) is 15.7. The van der Waals surface area contributed by atoms with E-state index in [1.54, 1.807) is 6.07 Å². The zero-order valence-corrected chi connectivity index (χ0v) is 20.9. The molecule has 7 nitrogen and oxygen atoms in total. The standard InChI is InChI=1S/C28H23F2N3O4S/c29-20-8-7-17-19(23(20)30)14-38-27-16-4-2-1-3-15(16)5-6-18(27)24(17)32-22-13-37-12-11-33(22)28(36)25-26(35)21(34)9-10-31-25/h1-10,22,24,32,35H,11-14H2,(H,31,34)/t22-,24?/m1/s1. The molecule has 0 bridgehead atoms. The highest BCUT2D eigenvalue weighted by atomic mass is 32.2. The predicted molar refractivity (Wildman–Crippen MR) is 139 cm³/mol. The van der Waals surface area contributed by atoms with E-state index in [1.807, 2.05) is 36.4 Å². The fraction of sp³-hybridized carbons (Fsp3) is 0.214. The molecule has 2 aliphatic heterocycles. The Bertz CT molecular complexity index is 1630. The highest BCUT2D eigenvalue weighted by molar-refractivity contribution is 7.98. The molecule has 1 amide bonds. The number of fused-ring (bicyclic) bond motifs is 4. The number of amides is 1. The summed E-state index contributed by atoms with van der Waals surface area (Å²) < 4.78 is 35.1. The van der Waals surface area contributed by atoms with Crippen molar-refractivity contribution in [2.75, 3.05) is 19.8 Å². The quantitative estimate of drug-likeness (QED) is 0.362. The second-order valence-corrected chi connectivity index (χ2v) is 10.2. The highest BCUT2D eigenvalue weighted by Gasteiger charge is 2.35. The number of pyridine rings is 1. The van der Waals surface area contributed by atoms with Gasteiger partial charge in [0.25, 0.3) is 5.91 Å².